The number of ketones is 2. The third kappa shape index (κ3) is 7.92. The van der Waals surface area contributed by atoms with Gasteiger partial charge < -0.3 is 29.6 Å². The van der Waals surface area contributed by atoms with E-state index >= 15 is 0 Å². The number of carboxylic acid groups (broad SMARTS) is 1. The van der Waals surface area contributed by atoms with Gasteiger partial charge in [0, 0.05) is 22.5 Å². The molecule has 2 aliphatic rings. The minimum Gasteiger partial charge on any atom is -0.744 e. The van der Waals surface area contributed by atoms with E-state index in [4.69, 9.17) is 0 Å². The molecule has 0 aromatic heterocycles. The maximum atomic E-state index is 13.3. The van der Waals surface area contributed by atoms with E-state index < -0.39 is 65.0 Å². The number of aromatic carboxylic acids is 1. The minimum absolute atomic E-state index is 0.00299. The van der Waals surface area contributed by atoms with Crippen LogP contribution < -0.4 is 26.6 Å². The van der Waals surface area contributed by atoms with Crippen molar-refractivity contribution in [3.63, 3.8) is 0 Å². The Morgan fingerprint density at radius 3 is 1.51 bits per heavy atom. The maximum absolute atomic E-state index is 13.3. The predicted octanol–water partition coefficient (Wildman–Crippen LogP) is 2.80. The Bertz CT molecular complexity index is 2600. The number of carboxylic acids is 1. The summed E-state index contributed by atoms with van der Waals surface area (Å²) in [5.74, 6) is -3.32. The molecule has 0 atom stereocenters. The molecule has 0 unspecified atom stereocenters. The van der Waals surface area contributed by atoms with Crippen LogP contribution in [0.3, 0.4) is 0 Å². The fourth-order valence-electron chi connectivity index (χ4n) is 5.19. The second kappa shape index (κ2) is 14.1. The van der Waals surface area contributed by atoms with Crippen molar-refractivity contribution in [2.75, 3.05) is 21.5 Å². The van der Waals surface area contributed by atoms with E-state index in [-0.39, 0.29) is 44.9 Å². The fourth-order valence-corrected chi connectivity index (χ4v) is 6.48. The van der Waals surface area contributed by atoms with Crippen molar-refractivity contribution < 1.29 is 50.2 Å². The Hall–Kier alpha value is -6.80. The number of carbonyl (C=O) groups is 4. The van der Waals surface area contributed by atoms with Gasteiger partial charge in [-0.2, -0.15) is 10.2 Å². The normalized spacial score (nSPS) is 15.5. The summed E-state index contributed by atoms with van der Waals surface area (Å²) in [5.41, 5.74) is 3.77. The van der Waals surface area contributed by atoms with Crippen LogP contribution in [0.5, 0.6) is 0 Å². The van der Waals surface area contributed by atoms with Crippen LogP contribution in [0.15, 0.2) is 111 Å². The van der Waals surface area contributed by atoms with Crippen LogP contribution in [0.2, 0.25) is 0 Å². The van der Waals surface area contributed by atoms with Crippen LogP contribution in [0.25, 0.3) is 12.2 Å². The van der Waals surface area contributed by atoms with Gasteiger partial charge in [-0.1, -0.05) is 30.3 Å². The summed E-state index contributed by atoms with van der Waals surface area (Å²) >= 11 is 0. The quantitative estimate of drug-likeness (QED) is 0.142. The smallest absolute Gasteiger partial charge is 0.323 e. The molecule has 2 aliphatic carbocycles. The molecule has 0 saturated heterocycles. The molecule has 2 amide bonds. The van der Waals surface area contributed by atoms with Crippen LogP contribution in [0.4, 0.5) is 27.5 Å². The van der Waals surface area contributed by atoms with Crippen molar-refractivity contribution in [2.24, 2.45) is 10.2 Å². The first-order chi connectivity index (χ1) is 25.1. The van der Waals surface area contributed by atoms with E-state index in [9.17, 15) is 50.2 Å². The zero-order valence-electron chi connectivity index (χ0n) is 26.5. The van der Waals surface area contributed by atoms with E-state index in [0.717, 1.165) is 18.2 Å². The van der Waals surface area contributed by atoms with Crippen molar-refractivity contribution in [3.8, 4) is 0 Å². The van der Waals surface area contributed by atoms with Gasteiger partial charge in [0.2, 0.25) is 11.6 Å². The number of hydrazone groups is 2. The topological polar surface area (TPSA) is 279 Å². The number of nitrogens with one attached hydrogen (secondary N) is 4. The summed E-state index contributed by atoms with van der Waals surface area (Å²) in [7, 11) is -10.5. The van der Waals surface area contributed by atoms with Crippen LogP contribution in [0.1, 0.15) is 42.2 Å². The minimum atomic E-state index is -5.28. The number of para-hydroxylation sites is 1. The van der Waals surface area contributed by atoms with Crippen molar-refractivity contribution in [1.29, 1.82) is 0 Å². The SMILES string of the molecule is O=C(Nc1ccc2c(c1)C=C(S(=O)(=O)[O-])C(=NNc1ccccc1)C2=O)Nc1ccc2c(c1)C=C(S(=O)(=O)[O-])C(=NNc1cccc(C(=O)[O-])c1)C2=O. The number of Topliss-reactive ketones (excluding diaryl/α,β-unsaturated/α-hetero) is 2. The van der Waals surface area contributed by atoms with Crippen LogP contribution in [-0.2, 0) is 20.2 Å². The number of benzene rings is 4. The van der Waals surface area contributed by atoms with Crippen LogP contribution >= 0.6 is 0 Å². The highest BCUT2D eigenvalue weighted by Crippen LogP contribution is 2.30. The van der Waals surface area contributed by atoms with Gasteiger partial charge in [0.1, 0.15) is 31.7 Å². The van der Waals surface area contributed by atoms with Gasteiger partial charge in [0.25, 0.3) is 0 Å². The highest BCUT2D eigenvalue weighted by Gasteiger charge is 2.31. The van der Waals surface area contributed by atoms with Gasteiger partial charge in [-0.3, -0.25) is 20.4 Å². The summed E-state index contributed by atoms with van der Waals surface area (Å²) in [6.07, 6.45) is 1.85. The standard InChI is InChI=1S/C34H24N6O11S2/c41-31-25-11-9-22(14-19(25)16-27(52(46,47)48)29(31)39-37-21-6-2-1-3-7-21)35-34(45)36-23-10-12-26-20(15-23)17-28(53(49,50)51)30(32(26)42)40-38-24-8-4-5-18(13-24)33(43)44/h1-17,37-38H,(H,43,44)(H2,35,36,45)(H,46,47,48)(H,49,50,51)/p-3. The summed E-state index contributed by atoms with van der Waals surface area (Å²) in [6, 6.07) is 20.1. The molecule has 19 heteroatoms. The zero-order chi connectivity index (χ0) is 38.1. The molecule has 0 bridgehead atoms. The first kappa shape index (κ1) is 36.0. The Kier molecular flexibility index (Phi) is 9.56. The number of rotatable bonds is 9. The highest BCUT2D eigenvalue weighted by molar-refractivity contribution is 7.91. The second-order valence-electron chi connectivity index (χ2n) is 11.1. The summed E-state index contributed by atoms with van der Waals surface area (Å²) in [6.45, 7) is 0. The van der Waals surface area contributed by atoms with Crippen LogP contribution in [-0.4, -0.2) is 60.9 Å². The highest BCUT2D eigenvalue weighted by atomic mass is 32.2. The van der Waals surface area contributed by atoms with Crippen LogP contribution in [0, 0.1) is 0 Å². The molecule has 268 valence electrons. The number of urea groups is 1. The molecular weight excluding hydrogens is 733 g/mol. The third-order valence-electron chi connectivity index (χ3n) is 7.58. The van der Waals surface area contributed by atoms with Gasteiger partial charge in [-0.25, -0.2) is 21.6 Å². The number of hydrogen-bond acceptors (Lipinski definition) is 15. The van der Waals surface area contributed by atoms with Gasteiger partial charge in [0.05, 0.1) is 27.2 Å². The number of hydrogen-bond donors (Lipinski definition) is 4. The number of anilines is 4. The van der Waals surface area contributed by atoms with Crippen molar-refractivity contribution >= 4 is 90.1 Å². The Balaban J connectivity index is 1.22. The lowest BCUT2D eigenvalue weighted by molar-refractivity contribution is -0.255. The molecular formula is C34H21N6O11S2-3. The number of nitrogens with zero attached hydrogens (tertiary/aromatic N) is 2. The summed E-state index contributed by atoms with van der Waals surface area (Å²) in [4.78, 5) is 48.7. The lowest BCUT2D eigenvalue weighted by atomic mass is 9.94. The van der Waals surface area contributed by atoms with Crippen molar-refractivity contribution in [2.45, 2.75) is 0 Å². The second-order valence-corrected chi connectivity index (χ2v) is 13.8. The Morgan fingerprint density at radius 1 is 0.566 bits per heavy atom. The number of allylic oxidation sites excluding steroid dienone is 2. The zero-order valence-corrected chi connectivity index (χ0v) is 28.1. The monoisotopic (exact) mass is 753 g/mol. The lowest BCUT2D eigenvalue weighted by Crippen LogP contribution is -2.28. The molecule has 0 aliphatic heterocycles. The van der Waals surface area contributed by atoms with Gasteiger partial charge in [-0.05, 0) is 89.5 Å². The molecule has 0 heterocycles. The summed E-state index contributed by atoms with van der Waals surface area (Å²) < 4.78 is 72.7. The fraction of sp³-hybridized carbons (Fsp3) is 0. The van der Waals surface area contributed by atoms with Gasteiger partial charge in [-0.15, -0.1) is 0 Å². The van der Waals surface area contributed by atoms with Crippen molar-refractivity contribution in [1.82, 2.24) is 0 Å². The average Bonchev–Trinajstić information content (AvgIpc) is 3.10. The van der Waals surface area contributed by atoms with Gasteiger partial charge in [0.15, 0.2) is 0 Å². The summed E-state index contributed by atoms with van der Waals surface area (Å²) in [5, 5.41) is 23.7. The molecule has 53 heavy (non-hydrogen) atoms. The van der Waals surface area contributed by atoms with Crippen molar-refractivity contribution in [3.05, 3.63) is 129 Å². The molecule has 0 saturated carbocycles. The first-order valence-electron chi connectivity index (χ1n) is 14.9. The van der Waals surface area contributed by atoms with E-state index in [2.05, 4.69) is 31.7 Å². The number of amides is 2. The molecule has 0 radical (unpaired) electrons. The molecule has 0 spiro atoms. The predicted molar refractivity (Wildman–Crippen MR) is 189 cm³/mol. The molecule has 4 N–H and O–H groups in total. The molecule has 0 fully saturated rings. The molecule has 4 aromatic rings. The molecule has 17 nitrogen and oxygen atoms in total. The van der Waals surface area contributed by atoms with Gasteiger partial charge >= 0.3 is 6.03 Å². The maximum Gasteiger partial charge on any atom is 0.323 e. The molecule has 6 rings (SSSR count). The first-order valence-corrected chi connectivity index (χ1v) is 17.8. The third-order valence-corrected chi connectivity index (χ3v) is 9.28. The van der Waals surface area contributed by atoms with E-state index in [1.807, 2.05) is 0 Å². The van der Waals surface area contributed by atoms with E-state index in [0.29, 0.717) is 5.69 Å². The van der Waals surface area contributed by atoms with E-state index in [1.165, 1.54) is 54.6 Å². The lowest BCUT2D eigenvalue weighted by Gasteiger charge is -2.21. The Labute approximate surface area is 299 Å². The Morgan fingerprint density at radius 2 is 1.04 bits per heavy atom. The largest absolute Gasteiger partial charge is 0.744 e. The average molecular weight is 754 g/mol. The van der Waals surface area contributed by atoms with E-state index in [1.54, 1.807) is 30.3 Å². The molecule has 4 aromatic carbocycles. The number of fused-ring (bicyclic) bond motifs is 2. The number of carbonyl (C=O) groups excluding carboxylic acids is 4.